The van der Waals surface area contributed by atoms with Crippen molar-refractivity contribution in [1.82, 2.24) is 14.8 Å². The molecule has 152 valence electrons. The summed E-state index contributed by atoms with van der Waals surface area (Å²) in [6, 6.07) is 10.1. The highest BCUT2D eigenvalue weighted by Gasteiger charge is 2.18. The van der Waals surface area contributed by atoms with E-state index in [0.717, 1.165) is 11.1 Å². The van der Waals surface area contributed by atoms with Gasteiger partial charge in [-0.1, -0.05) is 23.9 Å². The Bertz CT molecular complexity index is 995. The van der Waals surface area contributed by atoms with E-state index in [0.29, 0.717) is 34.0 Å². The Labute approximate surface area is 171 Å². The van der Waals surface area contributed by atoms with Crippen LogP contribution in [-0.2, 0) is 12.8 Å². The molecule has 29 heavy (non-hydrogen) atoms. The number of nitro groups is 1. The van der Waals surface area contributed by atoms with Crippen molar-refractivity contribution in [3.05, 3.63) is 52.1 Å². The van der Waals surface area contributed by atoms with Gasteiger partial charge in [0.2, 0.25) is 5.75 Å². The number of nitro benzene ring substituents is 1. The van der Waals surface area contributed by atoms with Crippen LogP contribution in [0.1, 0.15) is 5.56 Å². The van der Waals surface area contributed by atoms with Crippen LogP contribution in [0.5, 0.6) is 17.2 Å². The second-order valence-corrected chi connectivity index (χ2v) is 6.93. The van der Waals surface area contributed by atoms with Gasteiger partial charge in [-0.3, -0.25) is 10.1 Å². The number of nitrogens with zero attached hydrogens (tertiary/aromatic N) is 4. The van der Waals surface area contributed by atoms with Crippen LogP contribution in [0.4, 0.5) is 5.69 Å². The second-order valence-electron chi connectivity index (χ2n) is 5.99. The molecule has 2 aromatic carbocycles. The maximum absolute atomic E-state index is 10.8. The molecule has 0 fully saturated rings. The molecule has 3 aromatic rings. The highest BCUT2D eigenvalue weighted by atomic mass is 32.2. The summed E-state index contributed by atoms with van der Waals surface area (Å²) in [4.78, 5) is 10.3. The maximum atomic E-state index is 10.8. The van der Waals surface area contributed by atoms with Crippen LogP contribution in [-0.4, -0.2) is 41.0 Å². The van der Waals surface area contributed by atoms with Gasteiger partial charge in [-0.05, 0) is 17.7 Å². The molecular formula is C19H20N4O5S. The molecule has 1 heterocycles. The van der Waals surface area contributed by atoms with Crippen LogP contribution in [0.15, 0.2) is 41.6 Å². The highest BCUT2D eigenvalue weighted by Crippen LogP contribution is 2.41. The smallest absolute Gasteiger partial charge is 0.269 e. The van der Waals surface area contributed by atoms with Crippen LogP contribution in [0.2, 0.25) is 0 Å². The molecule has 3 rings (SSSR count). The van der Waals surface area contributed by atoms with E-state index >= 15 is 0 Å². The minimum absolute atomic E-state index is 0.0714. The second kappa shape index (κ2) is 8.82. The number of hydrogen-bond acceptors (Lipinski definition) is 8. The van der Waals surface area contributed by atoms with Crippen LogP contribution in [0, 0.1) is 10.1 Å². The minimum atomic E-state index is -0.413. The van der Waals surface area contributed by atoms with Crippen molar-refractivity contribution in [2.45, 2.75) is 10.9 Å². The lowest BCUT2D eigenvalue weighted by molar-refractivity contribution is -0.384. The van der Waals surface area contributed by atoms with Crippen molar-refractivity contribution in [2.24, 2.45) is 7.05 Å². The summed E-state index contributed by atoms with van der Waals surface area (Å²) in [5.74, 6) is 2.83. The number of non-ortho nitro benzene ring substituents is 1. The fourth-order valence-electron chi connectivity index (χ4n) is 2.76. The van der Waals surface area contributed by atoms with Gasteiger partial charge in [0.15, 0.2) is 22.5 Å². The summed E-state index contributed by atoms with van der Waals surface area (Å²) in [5, 5.41) is 20.0. The molecule has 0 bridgehead atoms. The molecule has 0 saturated heterocycles. The molecule has 0 radical (unpaired) electrons. The number of ether oxygens (including phenoxy) is 3. The molecule has 1 aromatic heterocycles. The Balaban J connectivity index is 1.83. The first-order valence-electron chi connectivity index (χ1n) is 8.54. The van der Waals surface area contributed by atoms with Gasteiger partial charge in [-0.2, -0.15) is 0 Å². The molecule has 0 unspecified atom stereocenters. The van der Waals surface area contributed by atoms with Gasteiger partial charge < -0.3 is 18.8 Å². The Morgan fingerprint density at radius 1 is 1.03 bits per heavy atom. The molecule has 0 N–H and O–H groups in total. The van der Waals surface area contributed by atoms with Crippen LogP contribution < -0.4 is 14.2 Å². The Hall–Kier alpha value is -3.27. The number of rotatable bonds is 8. The monoisotopic (exact) mass is 416 g/mol. The maximum Gasteiger partial charge on any atom is 0.269 e. The predicted octanol–water partition coefficient (Wildman–Crippen LogP) is 3.71. The first kappa shape index (κ1) is 20.5. The third kappa shape index (κ3) is 4.27. The molecule has 0 atom stereocenters. The predicted molar refractivity (Wildman–Crippen MR) is 109 cm³/mol. The number of benzene rings is 2. The summed E-state index contributed by atoms with van der Waals surface area (Å²) in [5.41, 5.74) is 1.80. The van der Waals surface area contributed by atoms with E-state index in [-0.39, 0.29) is 5.69 Å². The molecule has 0 saturated carbocycles. The van der Waals surface area contributed by atoms with Crippen molar-refractivity contribution < 1.29 is 19.1 Å². The fourth-order valence-corrected chi connectivity index (χ4v) is 3.63. The van der Waals surface area contributed by atoms with E-state index in [1.807, 2.05) is 23.7 Å². The molecule has 9 nitrogen and oxygen atoms in total. The minimum Gasteiger partial charge on any atom is -0.493 e. The van der Waals surface area contributed by atoms with E-state index in [4.69, 9.17) is 14.2 Å². The van der Waals surface area contributed by atoms with E-state index in [2.05, 4.69) is 10.2 Å². The number of thioether (sulfide) groups is 1. The zero-order chi connectivity index (χ0) is 21.0. The van der Waals surface area contributed by atoms with Crippen molar-refractivity contribution >= 4 is 17.4 Å². The third-order valence-corrected chi connectivity index (χ3v) is 5.36. The van der Waals surface area contributed by atoms with Crippen LogP contribution >= 0.6 is 11.8 Å². The summed E-state index contributed by atoms with van der Waals surface area (Å²) in [6.45, 7) is 0. The SMILES string of the molecule is COc1cc(-c2nnc(SCc3ccc([N+](=O)[O-])cc3)n2C)cc(OC)c1OC. The first-order chi connectivity index (χ1) is 14.0. The molecule has 0 aliphatic heterocycles. The first-order valence-corrected chi connectivity index (χ1v) is 9.53. The Morgan fingerprint density at radius 3 is 2.17 bits per heavy atom. The average molecular weight is 416 g/mol. The van der Waals surface area contributed by atoms with Crippen molar-refractivity contribution in [3.8, 4) is 28.6 Å². The summed E-state index contributed by atoms with van der Waals surface area (Å²) in [7, 11) is 6.54. The van der Waals surface area contributed by atoms with Gasteiger partial charge in [-0.15, -0.1) is 10.2 Å². The van der Waals surface area contributed by atoms with Gasteiger partial charge in [0, 0.05) is 30.5 Å². The lowest BCUT2D eigenvalue weighted by Gasteiger charge is -2.14. The molecule has 0 aliphatic rings. The van der Waals surface area contributed by atoms with E-state index < -0.39 is 4.92 Å². The van der Waals surface area contributed by atoms with Crippen LogP contribution in [0.3, 0.4) is 0 Å². The van der Waals surface area contributed by atoms with Crippen molar-refractivity contribution in [2.75, 3.05) is 21.3 Å². The zero-order valence-corrected chi connectivity index (χ0v) is 17.2. The van der Waals surface area contributed by atoms with Crippen LogP contribution in [0.25, 0.3) is 11.4 Å². The van der Waals surface area contributed by atoms with Gasteiger partial charge in [0.25, 0.3) is 5.69 Å². The van der Waals surface area contributed by atoms with E-state index in [9.17, 15) is 10.1 Å². The summed E-state index contributed by atoms with van der Waals surface area (Å²) in [6.07, 6.45) is 0. The lowest BCUT2D eigenvalue weighted by atomic mass is 10.1. The van der Waals surface area contributed by atoms with E-state index in [1.165, 1.54) is 23.9 Å². The van der Waals surface area contributed by atoms with Crippen molar-refractivity contribution in [3.63, 3.8) is 0 Å². The zero-order valence-electron chi connectivity index (χ0n) is 16.4. The molecule has 0 spiro atoms. The topological polar surface area (TPSA) is 102 Å². The fraction of sp³-hybridized carbons (Fsp3) is 0.263. The summed E-state index contributed by atoms with van der Waals surface area (Å²) < 4.78 is 18.0. The third-order valence-electron chi connectivity index (χ3n) is 4.27. The molecular weight excluding hydrogens is 396 g/mol. The average Bonchev–Trinajstić information content (AvgIpc) is 3.11. The quantitative estimate of drug-likeness (QED) is 0.311. The van der Waals surface area contributed by atoms with Gasteiger partial charge in [-0.25, -0.2) is 0 Å². The number of hydrogen-bond donors (Lipinski definition) is 0. The lowest BCUT2D eigenvalue weighted by Crippen LogP contribution is -1.99. The molecule has 0 amide bonds. The summed E-state index contributed by atoms with van der Waals surface area (Å²) >= 11 is 1.49. The number of aromatic nitrogens is 3. The molecule has 10 heteroatoms. The highest BCUT2D eigenvalue weighted by molar-refractivity contribution is 7.98. The van der Waals surface area contributed by atoms with Crippen molar-refractivity contribution in [1.29, 1.82) is 0 Å². The Kier molecular flexibility index (Phi) is 6.23. The Morgan fingerprint density at radius 2 is 1.66 bits per heavy atom. The standard InChI is InChI=1S/C19H20N4O5S/c1-22-18(13-9-15(26-2)17(28-4)16(10-13)27-3)20-21-19(22)29-11-12-5-7-14(8-6-12)23(24)25/h5-10H,11H2,1-4H3. The normalized spacial score (nSPS) is 10.6. The van der Waals surface area contributed by atoms with E-state index in [1.54, 1.807) is 33.5 Å². The molecule has 0 aliphatic carbocycles. The van der Waals surface area contributed by atoms with Gasteiger partial charge in [0.05, 0.1) is 26.3 Å². The van der Waals surface area contributed by atoms with Gasteiger partial charge in [0.1, 0.15) is 0 Å². The van der Waals surface area contributed by atoms with Gasteiger partial charge >= 0.3 is 0 Å². The number of methoxy groups -OCH3 is 3. The largest absolute Gasteiger partial charge is 0.493 e.